The highest BCUT2D eigenvalue weighted by molar-refractivity contribution is 6.30. The number of aromatic amines is 1. The molecule has 4 rings (SSSR count). The maximum Gasteiger partial charge on any atom is 0.322 e. The van der Waals surface area contributed by atoms with Gasteiger partial charge in [-0.3, -0.25) is 9.78 Å². The Balaban J connectivity index is 1.54. The Labute approximate surface area is 149 Å². The predicted molar refractivity (Wildman–Crippen MR) is 95.4 cm³/mol. The number of benzene rings is 1. The van der Waals surface area contributed by atoms with Gasteiger partial charge in [0.25, 0.3) is 0 Å². The quantitative estimate of drug-likeness (QED) is 0.740. The molecular formula is C17H17ClN6O. The third kappa shape index (κ3) is 3.10. The van der Waals surface area contributed by atoms with Crippen LogP contribution in [0.4, 0.5) is 10.5 Å². The van der Waals surface area contributed by atoms with E-state index in [9.17, 15) is 4.79 Å². The summed E-state index contributed by atoms with van der Waals surface area (Å²) in [6.45, 7) is 1.14. The summed E-state index contributed by atoms with van der Waals surface area (Å²) < 4.78 is 1.74. The molecule has 0 fully saturated rings. The molecule has 0 saturated heterocycles. The number of rotatable bonds is 2. The average Bonchev–Trinajstić information content (AvgIpc) is 3.20. The molecule has 0 saturated carbocycles. The fraction of sp³-hybridized carbons (Fsp3) is 0.235. The van der Waals surface area contributed by atoms with E-state index in [1.807, 2.05) is 25.4 Å². The minimum Gasteiger partial charge on any atom is -0.320 e. The van der Waals surface area contributed by atoms with Crippen molar-refractivity contribution in [2.75, 3.05) is 11.9 Å². The van der Waals surface area contributed by atoms with E-state index in [0.29, 0.717) is 23.8 Å². The van der Waals surface area contributed by atoms with E-state index in [1.54, 1.807) is 27.9 Å². The molecule has 3 aromatic rings. The molecule has 1 aliphatic rings. The SMILES string of the molecule is Cn1cc(-c2n[nH]c3c2CN(C(=O)Nc2cccc(Cl)c2)CC3)cn1. The largest absolute Gasteiger partial charge is 0.322 e. The van der Waals surface area contributed by atoms with Gasteiger partial charge in [-0.1, -0.05) is 17.7 Å². The molecule has 2 N–H and O–H groups in total. The van der Waals surface area contributed by atoms with E-state index < -0.39 is 0 Å². The number of amides is 2. The lowest BCUT2D eigenvalue weighted by Gasteiger charge is -2.27. The summed E-state index contributed by atoms with van der Waals surface area (Å²) in [6, 6.07) is 6.98. The van der Waals surface area contributed by atoms with Crippen LogP contribution >= 0.6 is 11.6 Å². The van der Waals surface area contributed by atoms with Crippen molar-refractivity contribution >= 4 is 23.3 Å². The van der Waals surface area contributed by atoms with Crippen molar-refractivity contribution in [2.24, 2.45) is 7.05 Å². The maximum atomic E-state index is 12.6. The van der Waals surface area contributed by atoms with Gasteiger partial charge in [0.05, 0.1) is 12.7 Å². The molecule has 128 valence electrons. The number of urea groups is 1. The number of carbonyl (C=O) groups excluding carboxylic acids is 1. The second-order valence-electron chi connectivity index (χ2n) is 6.04. The number of carbonyl (C=O) groups is 1. The van der Waals surface area contributed by atoms with Crippen LogP contribution in [0.2, 0.25) is 5.02 Å². The van der Waals surface area contributed by atoms with E-state index in [4.69, 9.17) is 11.6 Å². The Bertz CT molecular complexity index is 931. The predicted octanol–water partition coefficient (Wildman–Crippen LogP) is 3.05. The number of aryl methyl sites for hydroxylation is 1. The van der Waals surface area contributed by atoms with Crippen LogP contribution < -0.4 is 5.32 Å². The van der Waals surface area contributed by atoms with E-state index >= 15 is 0 Å². The smallest absolute Gasteiger partial charge is 0.320 e. The highest BCUT2D eigenvalue weighted by Crippen LogP contribution is 2.28. The van der Waals surface area contributed by atoms with Crippen molar-refractivity contribution in [3.05, 3.63) is 52.9 Å². The number of hydrogen-bond acceptors (Lipinski definition) is 3. The fourth-order valence-electron chi connectivity index (χ4n) is 3.02. The second-order valence-corrected chi connectivity index (χ2v) is 6.48. The van der Waals surface area contributed by atoms with Gasteiger partial charge in [0.15, 0.2) is 0 Å². The standard InChI is InChI=1S/C17H17ClN6O/c1-23-9-11(8-19-23)16-14-10-24(6-5-15(14)21-22-16)17(25)20-13-4-2-3-12(18)7-13/h2-4,7-9H,5-6,10H2,1H3,(H,20,25)(H,21,22). The van der Waals surface area contributed by atoms with Crippen molar-refractivity contribution in [3.8, 4) is 11.3 Å². The fourth-order valence-corrected chi connectivity index (χ4v) is 3.21. The molecule has 2 aromatic heterocycles. The third-order valence-corrected chi connectivity index (χ3v) is 4.51. The lowest BCUT2D eigenvalue weighted by molar-refractivity contribution is 0.206. The summed E-state index contributed by atoms with van der Waals surface area (Å²) in [4.78, 5) is 14.4. The van der Waals surface area contributed by atoms with Gasteiger partial charge in [0.1, 0.15) is 5.69 Å². The Kier molecular flexibility index (Phi) is 3.93. The minimum atomic E-state index is -0.147. The first-order valence-corrected chi connectivity index (χ1v) is 8.34. The molecule has 1 aliphatic heterocycles. The van der Waals surface area contributed by atoms with E-state index in [-0.39, 0.29) is 6.03 Å². The van der Waals surface area contributed by atoms with Crippen LogP contribution in [0, 0.1) is 0 Å². The summed E-state index contributed by atoms with van der Waals surface area (Å²) >= 11 is 5.97. The average molecular weight is 357 g/mol. The number of H-pyrrole nitrogens is 1. The molecule has 3 heterocycles. The lowest BCUT2D eigenvalue weighted by atomic mass is 10.0. The number of fused-ring (bicyclic) bond motifs is 1. The van der Waals surface area contributed by atoms with Gasteiger partial charge in [0.2, 0.25) is 0 Å². The van der Waals surface area contributed by atoms with Crippen LogP contribution in [0.5, 0.6) is 0 Å². The minimum absolute atomic E-state index is 0.147. The molecule has 8 heteroatoms. The van der Waals surface area contributed by atoms with Gasteiger partial charge in [-0.15, -0.1) is 0 Å². The Hall–Kier alpha value is -2.80. The Morgan fingerprint density at radius 3 is 3.04 bits per heavy atom. The van der Waals surface area contributed by atoms with Gasteiger partial charge >= 0.3 is 6.03 Å². The van der Waals surface area contributed by atoms with Crippen molar-refractivity contribution in [1.29, 1.82) is 0 Å². The van der Waals surface area contributed by atoms with E-state index in [0.717, 1.165) is 28.9 Å². The summed E-state index contributed by atoms with van der Waals surface area (Å²) in [5.74, 6) is 0. The molecule has 0 unspecified atom stereocenters. The van der Waals surface area contributed by atoms with Crippen molar-refractivity contribution in [2.45, 2.75) is 13.0 Å². The number of hydrogen-bond donors (Lipinski definition) is 2. The number of nitrogens with one attached hydrogen (secondary N) is 2. The van der Waals surface area contributed by atoms with E-state index in [2.05, 4.69) is 20.6 Å². The number of anilines is 1. The number of halogens is 1. The molecule has 0 radical (unpaired) electrons. The van der Waals surface area contributed by atoms with Crippen molar-refractivity contribution in [1.82, 2.24) is 24.9 Å². The normalized spacial score (nSPS) is 13.6. The van der Waals surface area contributed by atoms with E-state index in [1.165, 1.54) is 0 Å². The van der Waals surface area contributed by atoms with Crippen LogP contribution in [0.1, 0.15) is 11.3 Å². The Morgan fingerprint density at radius 2 is 2.28 bits per heavy atom. The summed E-state index contributed by atoms with van der Waals surface area (Å²) in [6.07, 6.45) is 4.44. The zero-order valence-electron chi connectivity index (χ0n) is 13.7. The number of aromatic nitrogens is 4. The van der Waals surface area contributed by atoms with Gasteiger partial charge in [-0.25, -0.2) is 4.79 Å². The Morgan fingerprint density at radius 1 is 1.40 bits per heavy atom. The number of nitrogens with zero attached hydrogens (tertiary/aromatic N) is 4. The zero-order valence-corrected chi connectivity index (χ0v) is 14.4. The molecule has 25 heavy (non-hydrogen) atoms. The van der Waals surface area contributed by atoms with Crippen LogP contribution in [0.3, 0.4) is 0 Å². The summed E-state index contributed by atoms with van der Waals surface area (Å²) in [7, 11) is 1.87. The molecular weight excluding hydrogens is 340 g/mol. The van der Waals surface area contributed by atoms with Gasteiger partial charge in [-0.2, -0.15) is 10.2 Å². The molecule has 0 spiro atoms. The summed E-state index contributed by atoms with van der Waals surface area (Å²) in [5, 5.41) is 15.2. The first kappa shape index (κ1) is 15.7. The highest BCUT2D eigenvalue weighted by atomic mass is 35.5. The molecule has 7 nitrogen and oxygen atoms in total. The third-order valence-electron chi connectivity index (χ3n) is 4.27. The first-order chi connectivity index (χ1) is 12.1. The van der Waals surface area contributed by atoms with Crippen molar-refractivity contribution in [3.63, 3.8) is 0 Å². The van der Waals surface area contributed by atoms with Crippen LogP contribution in [-0.2, 0) is 20.0 Å². The summed E-state index contributed by atoms with van der Waals surface area (Å²) in [5.41, 5.74) is 4.59. The van der Waals surface area contributed by atoms with Crippen LogP contribution in [-0.4, -0.2) is 37.5 Å². The zero-order chi connectivity index (χ0) is 17.4. The van der Waals surface area contributed by atoms with Crippen LogP contribution in [0.15, 0.2) is 36.7 Å². The monoisotopic (exact) mass is 356 g/mol. The van der Waals surface area contributed by atoms with Gasteiger partial charge < -0.3 is 10.2 Å². The molecule has 0 atom stereocenters. The molecule has 2 amide bonds. The molecule has 1 aromatic carbocycles. The van der Waals surface area contributed by atoms with Gasteiger partial charge in [-0.05, 0) is 18.2 Å². The van der Waals surface area contributed by atoms with Crippen molar-refractivity contribution < 1.29 is 4.79 Å². The highest BCUT2D eigenvalue weighted by Gasteiger charge is 2.26. The molecule has 0 aliphatic carbocycles. The van der Waals surface area contributed by atoms with Crippen LogP contribution in [0.25, 0.3) is 11.3 Å². The second kappa shape index (κ2) is 6.25. The van der Waals surface area contributed by atoms with Gasteiger partial charge in [0, 0.05) is 53.7 Å². The maximum absolute atomic E-state index is 12.6. The first-order valence-electron chi connectivity index (χ1n) is 7.97. The lowest BCUT2D eigenvalue weighted by Crippen LogP contribution is -2.38. The topological polar surface area (TPSA) is 78.8 Å². The molecule has 0 bridgehead atoms.